The number of hydrogen-bond donors (Lipinski definition) is 0. The summed E-state index contributed by atoms with van der Waals surface area (Å²) in [6, 6.07) is -0.931. The van der Waals surface area contributed by atoms with E-state index in [0.29, 0.717) is 4.90 Å². The van der Waals surface area contributed by atoms with E-state index in [9.17, 15) is 4.79 Å². The molecule has 0 N–H and O–H groups in total. The molecule has 0 radical (unpaired) electrons. The van der Waals surface area contributed by atoms with Crippen molar-refractivity contribution < 1.29 is 23.2 Å². The van der Waals surface area contributed by atoms with Gasteiger partial charge in [0.05, 0.1) is 0 Å². The summed E-state index contributed by atoms with van der Waals surface area (Å²) in [5.41, 5.74) is -0.701. The summed E-state index contributed by atoms with van der Waals surface area (Å²) in [4.78, 5) is 14.1. The number of rotatable bonds is 1. The molecule has 0 aromatic heterocycles. The molecular weight excluding hydrogens is 240 g/mol. The lowest BCUT2D eigenvalue weighted by Crippen LogP contribution is -2.49. The van der Waals surface area contributed by atoms with Crippen molar-refractivity contribution in [1.82, 2.24) is 9.80 Å². The van der Waals surface area contributed by atoms with Gasteiger partial charge < -0.3 is 14.5 Å². The fourth-order valence-electron chi connectivity index (χ4n) is 2.05. The number of amides is 1. The molecule has 0 aliphatic carbocycles. The zero-order chi connectivity index (χ0) is 22.8. The minimum atomic E-state index is -3.42. The van der Waals surface area contributed by atoms with Crippen LogP contribution in [0.4, 0.5) is 4.79 Å². The van der Waals surface area contributed by atoms with Crippen LogP contribution >= 0.6 is 0 Å². The highest BCUT2D eigenvalue weighted by molar-refractivity contribution is 5.68. The molecular formula is C15H28N2O2. The van der Waals surface area contributed by atoms with Gasteiger partial charge in [0, 0.05) is 32.8 Å². The van der Waals surface area contributed by atoms with Crippen LogP contribution in [0.1, 0.15) is 66.4 Å². The van der Waals surface area contributed by atoms with Crippen molar-refractivity contribution in [2.24, 2.45) is 0 Å². The van der Waals surface area contributed by atoms with Crippen LogP contribution in [0, 0.1) is 0 Å². The third-order valence-electron chi connectivity index (χ3n) is 2.96. The standard InChI is InChI=1S/C15H28N2O2/c1-15(2,3)19-14(18)17-11-7-13(8-12-17)16-9-5-4-6-10-16/h13H,4-12H2,1-3H3/i4D2,5D2,6D2,9D2,10D2. The maximum absolute atomic E-state index is 12.2. The Labute approximate surface area is 131 Å². The minimum absolute atomic E-state index is 0.0629. The van der Waals surface area contributed by atoms with Crippen molar-refractivity contribution in [3.63, 3.8) is 0 Å². The Balaban J connectivity index is 2.31. The molecule has 0 bridgehead atoms. The molecule has 0 spiro atoms. The van der Waals surface area contributed by atoms with Crippen LogP contribution in [0.15, 0.2) is 0 Å². The molecule has 4 nitrogen and oxygen atoms in total. The van der Waals surface area contributed by atoms with E-state index in [0.717, 1.165) is 0 Å². The van der Waals surface area contributed by atoms with E-state index < -0.39 is 49.8 Å². The summed E-state index contributed by atoms with van der Waals surface area (Å²) in [5, 5.41) is 0. The first-order valence-electron chi connectivity index (χ1n) is 11.5. The van der Waals surface area contributed by atoms with Gasteiger partial charge in [0.2, 0.25) is 0 Å². The highest BCUT2D eigenvalue weighted by Gasteiger charge is 2.29. The molecule has 2 heterocycles. The number of hydrogen-bond acceptors (Lipinski definition) is 3. The molecule has 110 valence electrons. The molecule has 2 saturated heterocycles. The SMILES string of the molecule is [2H]C1([2H])N(C2CCN(C(=O)OC(C)(C)C)CC2)C([2H])([2H])C([2H])([2H])C([2H])([2H])C1([2H])[2H]. The first-order chi connectivity index (χ1) is 12.7. The highest BCUT2D eigenvalue weighted by atomic mass is 16.6. The third-order valence-corrected chi connectivity index (χ3v) is 2.96. The van der Waals surface area contributed by atoms with Crippen molar-refractivity contribution in [3.05, 3.63) is 0 Å². The predicted octanol–water partition coefficient (Wildman–Crippen LogP) is 2.87. The fraction of sp³-hybridized carbons (Fsp3) is 0.933. The largest absolute Gasteiger partial charge is 0.444 e. The topological polar surface area (TPSA) is 32.8 Å². The zero-order valence-electron chi connectivity index (χ0n) is 21.6. The maximum atomic E-state index is 12.2. The third kappa shape index (κ3) is 4.37. The van der Waals surface area contributed by atoms with Crippen molar-refractivity contribution >= 4 is 6.09 Å². The van der Waals surface area contributed by atoms with E-state index in [4.69, 9.17) is 18.4 Å². The molecule has 0 aromatic rings. The van der Waals surface area contributed by atoms with E-state index in [2.05, 4.69) is 0 Å². The average Bonchev–Trinajstić information content (AvgIpc) is 2.51. The smallest absolute Gasteiger partial charge is 0.410 e. The van der Waals surface area contributed by atoms with Gasteiger partial charge in [-0.2, -0.15) is 0 Å². The maximum Gasteiger partial charge on any atom is 0.410 e. The van der Waals surface area contributed by atoms with E-state index in [-0.39, 0.29) is 25.9 Å². The Kier molecular flexibility index (Phi) is 2.04. The first-order valence-corrected chi connectivity index (χ1v) is 6.49. The van der Waals surface area contributed by atoms with Crippen LogP contribution in [0.25, 0.3) is 0 Å². The predicted molar refractivity (Wildman–Crippen MR) is 76.3 cm³/mol. The molecule has 2 fully saturated rings. The molecule has 19 heavy (non-hydrogen) atoms. The monoisotopic (exact) mass is 278 g/mol. The van der Waals surface area contributed by atoms with E-state index in [1.165, 1.54) is 4.90 Å². The number of ether oxygens (including phenoxy) is 1. The number of carbonyl (C=O) groups excluding carboxylic acids is 1. The normalized spacial score (nSPS) is 44.5. The Hall–Kier alpha value is -0.770. The summed E-state index contributed by atoms with van der Waals surface area (Å²) < 4.78 is 85.9. The van der Waals surface area contributed by atoms with Crippen LogP contribution in [0.3, 0.4) is 0 Å². The van der Waals surface area contributed by atoms with Crippen LogP contribution in [0.2, 0.25) is 0 Å². The lowest BCUT2D eigenvalue weighted by atomic mass is 10.0. The van der Waals surface area contributed by atoms with Gasteiger partial charge in [-0.05, 0) is 59.4 Å². The van der Waals surface area contributed by atoms with E-state index in [1.807, 2.05) is 0 Å². The van der Waals surface area contributed by atoms with Crippen LogP contribution in [-0.4, -0.2) is 53.6 Å². The minimum Gasteiger partial charge on any atom is -0.444 e. The van der Waals surface area contributed by atoms with Gasteiger partial charge in [-0.3, -0.25) is 0 Å². The van der Waals surface area contributed by atoms with E-state index in [1.54, 1.807) is 20.8 Å². The molecule has 0 saturated carbocycles. The van der Waals surface area contributed by atoms with Crippen LogP contribution in [0.5, 0.6) is 0 Å². The summed E-state index contributed by atoms with van der Waals surface area (Å²) in [7, 11) is 0. The van der Waals surface area contributed by atoms with Gasteiger partial charge in [0.1, 0.15) is 5.60 Å². The number of nitrogens with zero attached hydrogens (tertiary/aromatic N) is 2. The molecule has 2 rings (SSSR count). The quantitative estimate of drug-likeness (QED) is 0.739. The van der Waals surface area contributed by atoms with Crippen molar-refractivity contribution in [1.29, 1.82) is 0 Å². The van der Waals surface area contributed by atoms with Gasteiger partial charge in [-0.15, -0.1) is 0 Å². The molecule has 1 amide bonds. The first kappa shape index (κ1) is 6.33. The van der Waals surface area contributed by atoms with Gasteiger partial charge in [0.15, 0.2) is 0 Å². The summed E-state index contributed by atoms with van der Waals surface area (Å²) >= 11 is 0. The van der Waals surface area contributed by atoms with Crippen molar-refractivity contribution in [2.75, 3.05) is 26.1 Å². The number of likely N-dealkylation sites (tertiary alicyclic amines) is 2. The zero-order valence-corrected chi connectivity index (χ0v) is 11.6. The lowest BCUT2D eigenvalue weighted by Gasteiger charge is -2.40. The summed E-state index contributed by atoms with van der Waals surface area (Å²) in [6.07, 6.45) is -10.5. The number of carbonyl (C=O) groups is 1. The second-order valence-electron chi connectivity index (χ2n) is 5.67. The fourth-order valence-corrected chi connectivity index (χ4v) is 2.05. The van der Waals surface area contributed by atoms with Crippen molar-refractivity contribution in [3.8, 4) is 0 Å². The van der Waals surface area contributed by atoms with E-state index >= 15 is 0 Å². The molecule has 4 heteroatoms. The van der Waals surface area contributed by atoms with Gasteiger partial charge >= 0.3 is 6.09 Å². The van der Waals surface area contributed by atoms with Gasteiger partial charge in [-0.1, -0.05) is 6.37 Å². The molecule has 0 unspecified atom stereocenters. The second kappa shape index (κ2) is 6.12. The average molecular weight is 278 g/mol. The van der Waals surface area contributed by atoms with Gasteiger partial charge in [0.25, 0.3) is 0 Å². The van der Waals surface area contributed by atoms with Crippen LogP contribution in [-0.2, 0) is 4.74 Å². The van der Waals surface area contributed by atoms with Crippen molar-refractivity contribution in [2.45, 2.75) is 64.4 Å². The highest BCUT2D eigenvalue weighted by Crippen LogP contribution is 2.22. The molecule has 0 aromatic carbocycles. The molecule has 2 aliphatic heterocycles. The number of piperidine rings is 2. The van der Waals surface area contributed by atoms with Crippen LogP contribution < -0.4 is 0 Å². The summed E-state index contributed by atoms with van der Waals surface area (Å²) in [6.45, 7) is -0.900. The molecule has 0 atom stereocenters. The second-order valence-corrected chi connectivity index (χ2v) is 5.67. The Bertz CT molecular complexity index is 624. The summed E-state index contributed by atoms with van der Waals surface area (Å²) in [5.74, 6) is 0. The molecule has 2 aliphatic rings. The lowest BCUT2D eigenvalue weighted by molar-refractivity contribution is 0.0131. The Morgan fingerprint density at radius 2 is 1.74 bits per heavy atom. The Morgan fingerprint density at radius 3 is 2.26 bits per heavy atom. The van der Waals surface area contributed by atoms with Gasteiger partial charge in [-0.25, -0.2) is 4.79 Å². The Morgan fingerprint density at radius 1 is 1.16 bits per heavy atom.